The Balaban J connectivity index is 2.72. The molecular weight excluding hydrogens is 360 g/mol. The van der Waals surface area contributed by atoms with E-state index in [0.29, 0.717) is 0 Å². The highest BCUT2D eigenvalue weighted by Gasteiger charge is 2.29. The van der Waals surface area contributed by atoms with Crippen LogP contribution in [0, 0.1) is 10.1 Å². The Morgan fingerprint density at radius 2 is 1.78 bits per heavy atom. The van der Waals surface area contributed by atoms with Crippen molar-refractivity contribution in [1.29, 1.82) is 0 Å². The molecule has 0 unspecified atom stereocenters. The van der Waals surface area contributed by atoms with Gasteiger partial charge in [-0.25, -0.2) is 14.4 Å². The molecule has 140 valence electrons. The molecule has 1 aliphatic rings. The van der Waals surface area contributed by atoms with E-state index in [1.165, 1.54) is 35.4 Å². The largest absolute Gasteiger partial charge is 0.477 e. The summed E-state index contributed by atoms with van der Waals surface area (Å²) in [5.74, 6) is -3.22. The molecule has 1 aromatic rings. The molecule has 0 amide bonds. The number of carboxylic acids is 1. The maximum Gasteiger partial charge on any atom is 0.355 e. The van der Waals surface area contributed by atoms with Crippen LogP contribution in [0.1, 0.15) is 10.4 Å². The number of nitro groups is 1. The molecular formula is C17H14N2O8. The number of benzene rings is 1. The van der Waals surface area contributed by atoms with Crippen molar-refractivity contribution in [3.05, 3.63) is 69.6 Å². The number of carbonyl (C=O) groups excluding carboxylic acids is 2. The Kier molecular flexibility index (Phi) is 5.71. The van der Waals surface area contributed by atoms with Gasteiger partial charge in [-0.3, -0.25) is 10.1 Å². The highest BCUT2D eigenvalue weighted by molar-refractivity contribution is 6.05. The summed E-state index contributed by atoms with van der Waals surface area (Å²) in [5.41, 5.74) is -1.46. The molecule has 2 rings (SSSR count). The number of rotatable bonds is 5. The molecule has 27 heavy (non-hydrogen) atoms. The van der Waals surface area contributed by atoms with Crippen molar-refractivity contribution >= 4 is 29.3 Å². The summed E-state index contributed by atoms with van der Waals surface area (Å²) in [6, 6.07) is 3.27. The molecule has 0 fully saturated rings. The van der Waals surface area contributed by atoms with Crippen LogP contribution in [0.4, 0.5) is 11.4 Å². The van der Waals surface area contributed by atoms with Crippen LogP contribution in [0.5, 0.6) is 0 Å². The molecule has 0 atom stereocenters. The number of anilines is 1. The number of methoxy groups -OCH3 is 2. The summed E-state index contributed by atoms with van der Waals surface area (Å²) in [5, 5.41) is 20.3. The van der Waals surface area contributed by atoms with Gasteiger partial charge in [0.15, 0.2) is 0 Å². The smallest absolute Gasteiger partial charge is 0.355 e. The number of nitro benzene ring substituents is 1. The van der Waals surface area contributed by atoms with Crippen LogP contribution in [-0.2, 0) is 19.1 Å². The molecule has 0 bridgehead atoms. The minimum Gasteiger partial charge on any atom is -0.477 e. The summed E-state index contributed by atoms with van der Waals surface area (Å²) in [6.45, 7) is 0. The van der Waals surface area contributed by atoms with Gasteiger partial charge in [-0.15, -0.1) is 0 Å². The van der Waals surface area contributed by atoms with Gasteiger partial charge in [0.2, 0.25) is 0 Å². The minimum absolute atomic E-state index is 0.0970. The van der Waals surface area contributed by atoms with Crippen molar-refractivity contribution in [3.8, 4) is 0 Å². The Morgan fingerprint density at radius 3 is 2.33 bits per heavy atom. The zero-order valence-corrected chi connectivity index (χ0v) is 14.2. The Bertz CT molecular complexity index is 914. The third kappa shape index (κ3) is 3.84. The molecule has 1 aromatic carbocycles. The molecule has 0 saturated carbocycles. The van der Waals surface area contributed by atoms with Crippen molar-refractivity contribution in [3.63, 3.8) is 0 Å². The van der Waals surface area contributed by atoms with Gasteiger partial charge in [0, 0.05) is 18.0 Å². The molecule has 1 heterocycles. The van der Waals surface area contributed by atoms with Crippen molar-refractivity contribution in [2.24, 2.45) is 0 Å². The summed E-state index contributed by atoms with van der Waals surface area (Å²) in [4.78, 5) is 47.2. The fourth-order valence-corrected chi connectivity index (χ4v) is 2.37. The van der Waals surface area contributed by atoms with E-state index in [-0.39, 0.29) is 17.0 Å². The van der Waals surface area contributed by atoms with Gasteiger partial charge in [-0.05, 0) is 24.3 Å². The maximum atomic E-state index is 12.3. The lowest BCUT2D eigenvalue weighted by Crippen LogP contribution is -2.27. The van der Waals surface area contributed by atoms with Crippen LogP contribution in [0.3, 0.4) is 0 Å². The third-order valence-electron chi connectivity index (χ3n) is 3.57. The second-order valence-corrected chi connectivity index (χ2v) is 5.08. The minimum atomic E-state index is -1.52. The number of nitrogens with zero attached hydrogens (tertiary/aromatic N) is 2. The molecule has 0 saturated heterocycles. The molecule has 1 N–H and O–H groups in total. The molecule has 0 radical (unpaired) electrons. The molecule has 1 aliphatic heterocycles. The number of ether oxygens (including phenoxy) is 2. The lowest BCUT2D eigenvalue weighted by Gasteiger charge is -2.23. The second-order valence-electron chi connectivity index (χ2n) is 5.08. The van der Waals surface area contributed by atoms with Crippen LogP contribution < -0.4 is 4.90 Å². The van der Waals surface area contributed by atoms with Gasteiger partial charge in [0.05, 0.1) is 24.7 Å². The topological polar surface area (TPSA) is 136 Å². The normalized spacial score (nSPS) is 13.2. The first-order valence-corrected chi connectivity index (χ1v) is 7.38. The summed E-state index contributed by atoms with van der Waals surface area (Å²) in [7, 11) is 2.24. The highest BCUT2D eigenvalue weighted by Crippen LogP contribution is 2.30. The predicted molar refractivity (Wildman–Crippen MR) is 91.9 cm³/mol. The van der Waals surface area contributed by atoms with Gasteiger partial charge in [0.25, 0.3) is 5.69 Å². The fourth-order valence-electron chi connectivity index (χ4n) is 2.37. The Morgan fingerprint density at radius 1 is 1.11 bits per heavy atom. The fraction of sp³-hybridized carbons (Fsp3) is 0.118. The van der Waals surface area contributed by atoms with Crippen LogP contribution in [-0.4, -0.2) is 42.2 Å². The van der Waals surface area contributed by atoms with Gasteiger partial charge in [-0.1, -0.05) is 6.08 Å². The zero-order valence-electron chi connectivity index (χ0n) is 14.2. The summed E-state index contributed by atoms with van der Waals surface area (Å²) >= 11 is 0. The number of carboxylic acid groups (broad SMARTS) is 1. The van der Waals surface area contributed by atoms with Gasteiger partial charge < -0.3 is 19.5 Å². The van der Waals surface area contributed by atoms with Crippen LogP contribution in [0.15, 0.2) is 53.9 Å². The monoisotopic (exact) mass is 374 g/mol. The van der Waals surface area contributed by atoms with Gasteiger partial charge in [-0.2, -0.15) is 0 Å². The average Bonchev–Trinajstić information content (AvgIpc) is 2.88. The maximum absolute atomic E-state index is 12.3. The van der Waals surface area contributed by atoms with E-state index in [4.69, 9.17) is 4.74 Å². The van der Waals surface area contributed by atoms with E-state index in [0.717, 1.165) is 26.4 Å². The Hall–Kier alpha value is -3.95. The van der Waals surface area contributed by atoms with E-state index >= 15 is 0 Å². The van der Waals surface area contributed by atoms with Crippen LogP contribution in [0.25, 0.3) is 0 Å². The van der Waals surface area contributed by atoms with E-state index in [1.807, 2.05) is 0 Å². The highest BCUT2D eigenvalue weighted by atomic mass is 16.6. The summed E-state index contributed by atoms with van der Waals surface area (Å²) in [6.07, 6.45) is 5.67. The first-order valence-electron chi connectivity index (χ1n) is 7.38. The van der Waals surface area contributed by atoms with E-state index in [1.54, 1.807) is 0 Å². The quantitative estimate of drug-likeness (QED) is 0.464. The van der Waals surface area contributed by atoms with Crippen molar-refractivity contribution in [2.75, 3.05) is 19.1 Å². The van der Waals surface area contributed by atoms with Crippen molar-refractivity contribution in [2.45, 2.75) is 0 Å². The number of hydrogen-bond acceptors (Lipinski definition) is 8. The first kappa shape index (κ1) is 19.4. The van der Waals surface area contributed by atoms with Gasteiger partial charge >= 0.3 is 17.9 Å². The second kappa shape index (κ2) is 7.95. The van der Waals surface area contributed by atoms with Crippen LogP contribution >= 0.6 is 0 Å². The summed E-state index contributed by atoms with van der Waals surface area (Å²) < 4.78 is 9.40. The molecule has 0 aliphatic carbocycles. The molecule has 0 aromatic heterocycles. The lowest BCUT2D eigenvalue weighted by atomic mass is 10.1. The molecule has 0 spiro atoms. The van der Waals surface area contributed by atoms with Crippen LogP contribution in [0.2, 0.25) is 0 Å². The number of carbonyl (C=O) groups is 3. The average molecular weight is 374 g/mol. The van der Waals surface area contributed by atoms with E-state index < -0.39 is 34.1 Å². The number of aromatic carboxylic acids is 1. The van der Waals surface area contributed by atoms with E-state index in [2.05, 4.69) is 4.74 Å². The zero-order chi connectivity index (χ0) is 20.1. The van der Waals surface area contributed by atoms with Crippen molar-refractivity contribution < 1.29 is 33.9 Å². The molecule has 10 heteroatoms. The lowest BCUT2D eigenvalue weighted by molar-refractivity contribution is -0.385. The third-order valence-corrected chi connectivity index (χ3v) is 3.57. The number of allylic oxidation sites excluding steroid dienone is 2. The Labute approximate surface area is 152 Å². The number of hydrogen-bond donors (Lipinski definition) is 1. The van der Waals surface area contributed by atoms with Gasteiger partial charge in [0.1, 0.15) is 11.3 Å². The standard InChI is InChI=1S/C17H14N2O8/c1-26-16(22)11-5-3-4-8-18(14(11)17(23)27-2)10-6-7-13(19(24)25)12(9-10)15(20)21/h3-9H,1-2H3,(H,20,21). The first-order chi connectivity index (χ1) is 12.8. The van der Waals surface area contributed by atoms with Crippen molar-refractivity contribution in [1.82, 2.24) is 0 Å². The van der Waals surface area contributed by atoms with E-state index in [9.17, 15) is 29.6 Å². The SMILES string of the molecule is COC(=O)C1=C(C(=O)OC)N(c2ccc([N+](=O)[O-])c(C(=O)O)c2)C=CC=C1. The molecule has 10 nitrogen and oxygen atoms in total. The number of esters is 2. The predicted octanol–water partition coefficient (Wildman–Crippen LogP) is 1.78.